The molecule has 5 heteroatoms. The van der Waals surface area contributed by atoms with Crippen molar-refractivity contribution in [2.75, 3.05) is 6.54 Å². The molecule has 0 radical (unpaired) electrons. The molecule has 5 nitrogen and oxygen atoms in total. The average molecular weight is 351 g/mol. The standard InChI is InChI=1S/C20H34N2O3/c1-15(21-16(2)18-11-9-13-24-18)14-17-10-7-6-8-12-22(17)19(23)25-20(3,4)5/h9,11,13,15-17,21H,6-8,10,12,14H2,1-5H3/t15?,16-,17?/m0/s1. The molecule has 1 aromatic heterocycles. The smallest absolute Gasteiger partial charge is 0.410 e. The van der Waals surface area contributed by atoms with Crippen molar-refractivity contribution in [2.45, 2.75) is 90.4 Å². The molecule has 1 N–H and O–H groups in total. The van der Waals surface area contributed by atoms with E-state index in [0.717, 1.165) is 31.6 Å². The second kappa shape index (κ2) is 8.75. The first-order valence-electron chi connectivity index (χ1n) is 9.55. The summed E-state index contributed by atoms with van der Waals surface area (Å²) in [5, 5.41) is 3.59. The highest BCUT2D eigenvalue weighted by molar-refractivity contribution is 5.68. The summed E-state index contributed by atoms with van der Waals surface area (Å²) in [5.74, 6) is 0.941. The van der Waals surface area contributed by atoms with Crippen molar-refractivity contribution in [3.8, 4) is 0 Å². The van der Waals surface area contributed by atoms with Gasteiger partial charge in [-0.2, -0.15) is 0 Å². The molecule has 0 bridgehead atoms. The second-order valence-electron chi connectivity index (χ2n) is 8.22. The molecule has 2 unspecified atom stereocenters. The molecule has 0 saturated carbocycles. The van der Waals surface area contributed by atoms with Crippen LogP contribution in [0, 0.1) is 0 Å². The minimum atomic E-state index is -0.453. The monoisotopic (exact) mass is 350 g/mol. The predicted molar refractivity (Wildman–Crippen MR) is 99.5 cm³/mol. The summed E-state index contributed by atoms with van der Waals surface area (Å²) >= 11 is 0. The highest BCUT2D eigenvalue weighted by Crippen LogP contribution is 2.24. The van der Waals surface area contributed by atoms with Gasteiger partial charge in [-0.05, 0) is 66.0 Å². The Balaban J connectivity index is 1.96. The Bertz CT molecular complexity index is 522. The van der Waals surface area contributed by atoms with Gasteiger partial charge in [-0.25, -0.2) is 4.79 Å². The Labute approximate surface area is 152 Å². The van der Waals surface area contributed by atoms with E-state index in [1.54, 1.807) is 6.26 Å². The van der Waals surface area contributed by atoms with Gasteiger partial charge in [-0.3, -0.25) is 0 Å². The van der Waals surface area contributed by atoms with Crippen LogP contribution in [0.15, 0.2) is 22.8 Å². The maximum atomic E-state index is 12.6. The molecule has 0 spiro atoms. The average Bonchev–Trinajstić information content (AvgIpc) is 2.93. The van der Waals surface area contributed by atoms with Gasteiger partial charge >= 0.3 is 6.09 Å². The van der Waals surface area contributed by atoms with Gasteiger partial charge < -0.3 is 19.4 Å². The third-order valence-electron chi connectivity index (χ3n) is 4.64. The van der Waals surface area contributed by atoms with Gasteiger partial charge in [0.05, 0.1) is 12.3 Å². The van der Waals surface area contributed by atoms with Crippen molar-refractivity contribution in [3.63, 3.8) is 0 Å². The van der Waals surface area contributed by atoms with Crippen LogP contribution in [0.1, 0.15) is 78.5 Å². The molecule has 1 aliphatic rings. The predicted octanol–water partition coefficient (Wildman–Crippen LogP) is 4.89. The summed E-state index contributed by atoms with van der Waals surface area (Å²) in [4.78, 5) is 14.6. The molecule has 1 fully saturated rings. The molecular weight excluding hydrogens is 316 g/mol. The Morgan fingerprint density at radius 2 is 2.12 bits per heavy atom. The summed E-state index contributed by atoms with van der Waals surface area (Å²) in [7, 11) is 0. The Morgan fingerprint density at radius 3 is 2.76 bits per heavy atom. The molecule has 0 aliphatic carbocycles. The van der Waals surface area contributed by atoms with E-state index >= 15 is 0 Å². The minimum Gasteiger partial charge on any atom is -0.468 e. The van der Waals surface area contributed by atoms with Crippen molar-refractivity contribution in [3.05, 3.63) is 24.2 Å². The topological polar surface area (TPSA) is 54.7 Å². The van der Waals surface area contributed by atoms with Crippen LogP contribution in [0.2, 0.25) is 0 Å². The highest BCUT2D eigenvalue weighted by Gasteiger charge is 2.30. The molecule has 142 valence electrons. The first-order chi connectivity index (χ1) is 11.8. The maximum absolute atomic E-state index is 12.6. The van der Waals surface area contributed by atoms with Crippen molar-refractivity contribution >= 4 is 6.09 Å². The van der Waals surface area contributed by atoms with E-state index in [1.165, 1.54) is 12.8 Å². The van der Waals surface area contributed by atoms with Gasteiger partial charge in [0.2, 0.25) is 0 Å². The lowest BCUT2D eigenvalue weighted by Crippen LogP contribution is -2.46. The van der Waals surface area contributed by atoms with Crippen LogP contribution in [0.5, 0.6) is 0 Å². The van der Waals surface area contributed by atoms with Crippen molar-refractivity contribution < 1.29 is 13.9 Å². The van der Waals surface area contributed by atoms with E-state index in [-0.39, 0.29) is 24.2 Å². The Hall–Kier alpha value is -1.49. The lowest BCUT2D eigenvalue weighted by Gasteiger charge is -2.34. The maximum Gasteiger partial charge on any atom is 0.410 e. The van der Waals surface area contributed by atoms with Crippen LogP contribution in [0.25, 0.3) is 0 Å². The van der Waals surface area contributed by atoms with Crippen LogP contribution < -0.4 is 5.32 Å². The Kier molecular flexibility index (Phi) is 6.94. The van der Waals surface area contributed by atoms with Gasteiger partial charge in [0.15, 0.2) is 0 Å². The van der Waals surface area contributed by atoms with Gasteiger partial charge in [0.25, 0.3) is 0 Å². The molecule has 1 saturated heterocycles. The summed E-state index contributed by atoms with van der Waals surface area (Å²) in [6.07, 6.45) is 6.90. The number of ether oxygens (including phenoxy) is 1. The molecule has 1 amide bonds. The largest absolute Gasteiger partial charge is 0.468 e. The van der Waals surface area contributed by atoms with Crippen LogP contribution in [0.4, 0.5) is 4.79 Å². The fraction of sp³-hybridized carbons (Fsp3) is 0.750. The molecule has 1 aromatic rings. The second-order valence-corrected chi connectivity index (χ2v) is 8.22. The van der Waals surface area contributed by atoms with Gasteiger partial charge in [-0.15, -0.1) is 0 Å². The molecular formula is C20H34N2O3. The van der Waals surface area contributed by atoms with Crippen LogP contribution >= 0.6 is 0 Å². The zero-order valence-corrected chi connectivity index (χ0v) is 16.4. The van der Waals surface area contributed by atoms with E-state index in [0.29, 0.717) is 0 Å². The first kappa shape index (κ1) is 19.8. The number of amides is 1. The van der Waals surface area contributed by atoms with Crippen LogP contribution in [-0.4, -0.2) is 35.2 Å². The van der Waals surface area contributed by atoms with Crippen LogP contribution in [-0.2, 0) is 4.74 Å². The number of carbonyl (C=O) groups excluding carboxylic acids is 1. The van der Waals surface area contributed by atoms with Gasteiger partial charge in [-0.1, -0.05) is 12.8 Å². The number of rotatable bonds is 5. The van der Waals surface area contributed by atoms with E-state index in [1.807, 2.05) is 37.8 Å². The summed E-state index contributed by atoms with van der Waals surface area (Å²) < 4.78 is 11.1. The summed E-state index contributed by atoms with van der Waals surface area (Å²) in [5.41, 5.74) is -0.453. The van der Waals surface area contributed by atoms with E-state index in [2.05, 4.69) is 19.2 Å². The Morgan fingerprint density at radius 1 is 1.36 bits per heavy atom. The molecule has 25 heavy (non-hydrogen) atoms. The normalized spacial score (nSPS) is 21.5. The zero-order valence-electron chi connectivity index (χ0n) is 16.4. The molecule has 2 heterocycles. The SMILES string of the molecule is CC(CC1CCCCCN1C(=O)OC(C)(C)C)N[C@@H](C)c1ccco1. The van der Waals surface area contributed by atoms with E-state index < -0.39 is 5.60 Å². The van der Waals surface area contributed by atoms with Gasteiger partial charge in [0.1, 0.15) is 11.4 Å². The van der Waals surface area contributed by atoms with Crippen molar-refractivity contribution in [1.29, 1.82) is 0 Å². The summed E-state index contributed by atoms with van der Waals surface area (Å²) in [6, 6.07) is 4.57. The lowest BCUT2D eigenvalue weighted by molar-refractivity contribution is 0.0149. The van der Waals surface area contributed by atoms with E-state index in [9.17, 15) is 4.79 Å². The number of carbonyl (C=O) groups is 1. The fourth-order valence-corrected chi connectivity index (χ4v) is 3.51. The number of hydrogen-bond donors (Lipinski definition) is 1. The highest BCUT2D eigenvalue weighted by atomic mass is 16.6. The number of hydrogen-bond acceptors (Lipinski definition) is 4. The lowest BCUT2D eigenvalue weighted by atomic mass is 10.0. The quantitative estimate of drug-likeness (QED) is 0.821. The third-order valence-corrected chi connectivity index (χ3v) is 4.64. The third kappa shape index (κ3) is 6.38. The molecule has 0 aromatic carbocycles. The first-order valence-corrected chi connectivity index (χ1v) is 9.55. The van der Waals surface area contributed by atoms with Crippen molar-refractivity contribution in [2.24, 2.45) is 0 Å². The zero-order chi connectivity index (χ0) is 18.4. The van der Waals surface area contributed by atoms with Crippen molar-refractivity contribution in [1.82, 2.24) is 10.2 Å². The number of likely N-dealkylation sites (tertiary alicyclic amines) is 1. The van der Waals surface area contributed by atoms with Gasteiger partial charge in [0, 0.05) is 18.6 Å². The molecule has 2 rings (SSSR count). The number of furan rings is 1. The molecule has 3 atom stereocenters. The minimum absolute atomic E-state index is 0.158. The number of nitrogens with zero attached hydrogens (tertiary/aromatic N) is 1. The van der Waals surface area contributed by atoms with Crippen LogP contribution in [0.3, 0.4) is 0 Å². The molecule has 1 aliphatic heterocycles. The summed E-state index contributed by atoms with van der Waals surface area (Å²) in [6.45, 7) is 10.8. The number of nitrogens with one attached hydrogen (secondary N) is 1. The fourth-order valence-electron chi connectivity index (χ4n) is 3.51. The van der Waals surface area contributed by atoms with E-state index in [4.69, 9.17) is 9.15 Å².